The van der Waals surface area contributed by atoms with Gasteiger partial charge in [-0.15, -0.1) is 0 Å². The molecule has 0 spiro atoms. The van der Waals surface area contributed by atoms with Crippen LogP contribution in [0, 0.1) is 0 Å². The minimum Gasteiger partial charge on any atom is -0.475 e. The van der Waals surface area contributed by atoms with E-state index in [0.717, 1.165) is 43.3 Å². The third kappa shape index (κ3) is 5.79. The maximum Gasteiger partial charge on any atom is 0.490 e. The van der Waals surface area contributed by atoms with Gasteiger partial charge in [0.1, 0.15) is 17.3 Å². The molecule has 8 nitrogen and oxygen atoms in total. The lowest BCUT2D eigenvalue weighted by Crippen LogP contribution is -2.31. The first-order chi connectivity index (χ1) is 12.7. The summed E-state index contributed by atoms with van der Waals surface area (Å²) in [5.74, 6) is -0.667. The monoisotopic (exact) mass is 390 g/mol. The van der Waals surface area contributed by atoms with Crippen molar-refractivity contribution in [1.82, 2.24) is 19.6 Å². The second-order valence-corrected chi connectivity index (χ2v) is 5.89. The van der Waals surface area contributed by atoms with Crippen LogP contribution in [0.5, 0.6) is 0 Å². The van der Waals surface area contributed by atoms with Gasteiger partial charge in [-0.05, 0) is 6.92 Å². The number of imidazole rings is 1. The van der Waals surface area contributed by atoms with Gasteiger partial charge in [0.15, 0.2) is 0 Å². The first-order valence-electron chi connectivity index (χ1n) is 8.25. The Morgan fingerprint density at radius 2 is 2.15 bits per heavy atom. The van der Waals surface area contributed by atoms with Crippen LogP contribution in [0.15, 0.2) is 16.9 Å². The maximum atomic E-state index is 10.6. The van der Waals surface area contributed by atoms with E-state index < -0.39 is 12.1 Å². The van der Waals surface area contributed by atoms with Crippen LogP contribution in [0.1, 0.15) is 29.8 Å². The SMILES string of the molecule is CCOCc1noc2c1CN(Cc1nccn1C)CC2.O=C(O)C(F)(F)F. The predicted molar refractivity (Wildman–Crippen MR) is 86.5 cm³/mol. The van der Waals surface area contributed by atoms with Gasteiger partial charge in [0.2, 0.25) is 0 Å². The molecule has 0 aliphatic carbocycles. The molecule has 0 saturated heterocycles. The molecule has 3 heterocycles. The summed E-state index contributed by atoms with van der Waals surface area (Å²) in [5.41, 5.74) is 2.13. The number of hydrogen-bond donors (Lipinski definition) is 1. The molecule has 0 fully saturated rings. The van der Waals surface area contributed by atoms with Crippen LogP contribution < -0.4 is 0 Å². The second-order valence-electron chi connectivity index (χ2n) is 5.89. The van der Waals surface area contributed by atoms with Gasteiger partial charge in [-0.1, -0.05) is 5.16 Å². The normalized spacial score (nSPS) is 14.4. The Bertz CT molecular complexity index is 757. The number of carbonyl (C=O) groups is 1. The van der Waals surface area contributed by atoms with Crippen molar-refractivity contribution < 1.29 is 32.3 Å². The molecule has 0 amide bonds. The van der Waals surface area contributed by atoms with Crippen molar-refractivity contribution in [3.8, 4) is 0 Å². The van der Waals surface area contributed by atoms with E-state index in [1.165, 1.54) is 5.56 Å². The van der Waals surface area contributed by atoms with E-state index in [1.807, 2.05) is 26.4 Å². The standard InChI is InChI=1S/C14H20N4O2.C2HF3O2/c1-3-19-10-12-11-8-18(6-4-13(11)20-16-12)9-14-15-5-7-17(14)2;3-2(4,5)1(6)7/h5,7H,3-4,6,8-10H2,1-2H3;(H,6,7). The number of carboxylic acids is 1. The zero-order valence-electron chi connectivity index (χ0n) is 15.0. The van der Waals surface area contributed by atoms with Gasteiger partial charge in [-0.25, -0.2) is 9.78 Å². The summed E-state index contributed by atoms with van der Waals surface area (Å²) >= 11 is 0. The van der Waals surface area contributed by atoms with E-state index in [0.29, 0.717) is 13.2 Å². The minimum atomic E-state index is -5.08. The lowest BCUT2D eigenvalue weighted by Gasteiger charge is -2.25. The molecule has 0 bridgehead atoms. The number of nitrogens with zero attached hydrogens (tertiary/aromatic N) is 4. The number of carboxylic acid groups (broad SMARTS) is 1. The van der Waals surface area contributed by atoms with Crippen molar-refractivity contribution >= 4 is 5.97 Å². The molecule has 11 heteroatoms. The third-order valence-electron chi connectivity index (χ3n) is 3.96. The van der Waals surface area contributed by atoms with Crippen molar-refractivity contribution in [1.29, 1.82) is 0 Å². The average Bonchev–Trinajstić information content (AvgIpc) is 3.19. The number of aromatic nitrogens is 3. The van der Waals surface area contributed by atoms with Crippen LogP contribution >= 0.6 is 0 Å². The number of fused-ring (bicyclic) bond motifs is 1. The van der Waals surface area contributed by atoms with Gasteiger partial charge in [-0.2, -0.15) is 13.2 Å². The summed E-state index contributed by atoms with van der Waals surface area (Å²) in [6.07, 6.45) is -0.367. The number of aryl methyl sites for hydroxylation is 1. The van der Waals surface area contributed by atoms with E-state index in [2.05, 4.69) is 19.6 Å². The molecular formula is C16H21F3N4O4. The molecule has 150 valence electrons. The largest absolute Gasteiger partial charge is 0.490 e. The van der Waals surface area contributed by atoms with E-state index in [4.69, 9.17) is 19.2 Å². The molecule has 1 N–H and O–H groups in total. The Hall–Kier alpha value is -2.40. The molecular weight excluding hydrogens is 369 g/mol. The van der Waals surface area contributed by atoms with E-state index in [-0.39, 0.29) is 0 Å². The van der Waals surface area contributed by atoms with Crippen molar-refractivity contribution in [2.45, 2.75) is 39.2 Å². The van der Waals surface area contributed by atoms with Gasteiger partial charge >= 0.3 is 12.1 Å². The van der Waals surface area contributed by atoms with Crippen LogP contribution in [0.4, 0.5) is 13.2 Å². The van der Waals surface area contributed by atoms with Crippen molar-refractivity contribution in [2.24, 2.45) is 7.05 Å². The summed E-state index contributed by atoms with van der Waals surface area (Å²) < 4.78 is 44.7. The molecule has 1 aliphatic rings. The molecule has 27 heavy (non-hydrogen) atoms. The number of alkyl halides is 3. The zero-order valence-corrected chi connectivity index (χ0v) is 15.0. The number of halogens is 3. The Morgan fingerprint density at radius 3 is 2.70 bits per heavy atom. The van der Waals surface area contributed by atoms with Crippen LogP contribution in [0.2, 0.25) is 0 Å². The van der Waals surface area contributed by atoms with Gasteiger partial charge < -0.3 is 18.9 Å². The van der Waals surface area contributed by atoms with Crippen molar-refractivity contribution in [3.63, 3.8) is 0 Å². The Morgan fingerprint density at radius 1 is 1.44 bits per heavy atom. The molecule has 1 aliphatic heterocycles. The van der Waals surface area contributed by atoms with Gasteiger partial charge in [0.05, 0.1) is 13.2 Å². The molecule has 2 aromatic rings. The summed E-state index contributed by atoms with van der Waals surface area (Å²) in [4.78, 5) is 15.7. The summed E-state index contributed by atoms with van der Waals surface area (Å²) in [7, 11) is 2.03. The maximum absolute atomic E-state index is 10.6. The first-order valence-corrected chi connectivity index (χ1v) is 8.25. The highest BCUT2D eigenvalue weighted by Crippen LogP contribution is 2.24. The number of rotatable bonds is 5. The molecule has 0 unspecified atom stereocenters. The lowest BCUT2D eigenvalue weighted by atomic mass is 10.1. The van der Waals surface area contributed by atoms with Gasteiger partial charge in [-0.3, -0.25) is 4.90 Å². The van der Waals surface area contributed by atoms with E-state index in [9.17, 15) is 13.2 Å². The quantitative estimate of drug-likeness (QED) is 0.836. The van der Waals surface area contributed by atoms with Crippen LogP contribution in [0.25, 0.3) is 0 Å². The Labute approximate surface area is 153 Å². The molecule has 2 aromatic heterocycles. The number of hydrogen-bond acceptors (Lipinski definition) is 6. The second kappa shape index (κ2) is 9.00. The Kier molecular flexibility index (Phi) is 6.97. The number of ether oxygens (including phenoxy) is 1. The highest BCUT2D eigenvalue weighted by Gasteiger charge is 2.38. The van der Waals surface area contributed by atoms with Gasteiger partial charge in [0, 0.05) is 51.1 Å². The summed E-state index contributed by atoms with van der Waals surface area (Å²) in [6.45, 7) is 5.89. The van der Waals surface area contributed by atoms with Crippen molar-refractivity contribution in [2.75, 3.05) is 13.2 Å². The van der Waals surface area contributed by atoms with Gasteiger partial charge in [0.25, 0.3) is 0 Å². The average molecular weight is 390 g/mol. The van der Waals surface area contributed by atoms with E-state index >= 15 is 0 Å². The first kappa shape index (κ1) is 20.9. The third-order valence-corrected chi connectivity index (χ3v) is 3.96. The van der Waals surface area contributed by atoms with Crippen molar-refractivity contribution in [3.05, 3.63) is 35.2 Å². The zero-order chi connectivity index (χ0) is 20.0. The Balaban J connectivity index is 0.000000321. The summed E-state index contributed by atoms with van der Waals surface area (Å²) in [6, 6.07) is 0. The molecule has 0 atom stereocenters. The fourth-order valence-electron chi connectivity index (χ4n) is 2.52. The smallest absolute Gasteiger partial charge is 0.475 e. The predicted octanol–water partition coefficient (Wildman–Crippen LogP) is 2.14. The molecule has 0 radical (unpaired) electrons. The fourth-order valence-corrected chi connectivity index (χ4v) is 2.52. The minimum absolute atomic E-state index is 0.533. The summed E-state index contributed by atoms with van der Waals surface area (Å²) in [5, 5.41) is 11.3. The lowest BCUT2D eigenvalue weighted by molar-refractivity contribution is -0.192. The van der Waals surface area contributed by atoms with Crippen LogP contribution in [-0.4, -0.2) is 50.0 Å². The highest BCUT2D eigenvalue weighted by molar-refractivity contribution is 5.73. The molecule has 0 aromatic carbocycles. The van der Waals surface area contributed by atoms with Crippen LogP contribution in [0.3, 0.4) is 0 Å². The fraction of sp³-hybridized carbons (Fsp3) is 0.562. The highest BCUT2D eigenvalue weighted by atomic mass is 19.4. The topological polar surface area (TPSA) is 93.6 Å². The molecule has 3 rings (SSSR count). The van der Waals surface area contributed by atoms with Crippen LogP contribution in [-0.2, 0) is 42.7 Å². The van der Waals surface area contributed by atoms with E-state index in [1.54, 1.807) is 0 Å². The number of aliphatic carboxylic acids is 1. The molecule has 0 saturated carbocycles.